The van der Waals surface area contributed by atoms with Gasteiger partial charge in [-0.1, -0.05) is 107 Å². The Morgan fingerprint density at radius 1 is 0.538 bits per heavy atom. The van der Waals surface area contributed by atoms with Crippen LogP contribution in [0.2, 0.25) is 0 Å². The smallest absolute Gasteiger partial charge is 0.0296 e. The Hall–Kier alpha value is -1.13. The lowest BCUT2D eigenvalue weighted by Crippen LogP contribution is -2.24. The fraction of sp³-hybridized carbons (Fsp3) is 0.520. The SMILES string of the molecule is c1ccc(C(c2ccccc2)P(C2CCCCC2)C2CCCCC2)cc1. The molecule has 2 aliphatic carbocycles. The first-order valence-corrected chi connectivity index (χ1v) is 12.4. The van der Waals surface area contributed by atoms with Gasteiger partial charge in [-0.05, 0) is 48.1 Å². The van der Waals surface area contributed by atoms with Crippen molar-refractivity contribution in [2.24, 2.45) is 0 Å². The van der Waals surface area contributed by atoms with E-state index in [1.807, 2.05) is 0 Å². The average molecular weight is 365 g/mol. The molecule has 0 atom stereocenters. The molecule has 0 N–H and O–H groups in total. The Morgan fingerprint density at radius 3 is 1.31 bits per heavy atom. The molecule has 1 heteroatoms. The first-order chi connectivity index (χ1) is 12.9. The highest BCUT2D eigenvalue weighted by Gasteiger charge is 2.37. The van der Waals surface area contributed by atoms with Crippen LogP contribution >= 0.6 is 7.92 Å². The van der Waals surface area contributed by atoms with Crippen molar-refractivity contribution < 1.29 is 0 Å². The first-order valence-electron chi connectivity index (χ1n) is 10.8. The standard InChI is InChI=1S/C25H33P/c1-5-13-21(14-6-1)25(22-15-7-2-8-16-22)26(23-17-9-3-10-18-23)24-19-11-4-12-20-24/h1-2,5-8,13-16,23-25H,3-4,9-12,17-20H2. The van der Waals surface area contributed by atoms with Crippen molar-refractivity contribution in [3.05, 3.63) is 71.8 Å². The molecule has 2 aliphatic rings. The summed E-state index contributed by atoms with van der Waals surface area (Å²) in [6.07, 6.45) is 14.7. The molecule has 0 heterocycles. The third kappa shape index (κ3) is 4.23. The summed E-state index contributed by atoms with van der Waals surface area (Å²) in [5.41, 5.74) is 5.74. The molecule has 0 bridgehead atoms. The summed E-state index contributed by atoms with van der Waals surface area (Å²) < 4.78 is 0. The van der Waals surface area contributed by atoms with Gasteiger partial charge in [0.15, 0.2) is 0 Å². The zero-order valence-corrected chi connectivity index (χ0v) is 16.9. The highest BCUT2D eigenvalue weighted by molar-refractivity contribution is 7.59. The average Bonchev–Trinajstić information content (AvgIpc) is 2.74. The molecule has 0 spiro atoms. The van der Waals surface area contributed by atoms with Crippen molar-refractivity contribution in [2.75, 3.05) is 0 Å². The van der Waals surface area contributed by atoms with Gasteiger partial charge >= 0.3 is 0 Å². The van der Waals surface area contributed by atoms with Gasteiger partial charge in [-0.3, -0.25) is 0 Å². The molecule has 2 saturated carbocycles. The van der Waals surface area contributed by atoms with Gasteiger partial charge in [-0.25, -0.2) is 0 Å². The molecule has 4 rings (SSSR count). The highest BCUT2D eigenvalue weighted by Crippen LogP contribution is 2.66. The maximum absolute atomic E-state index is 2.40. The van der Waals surface area contributed by atoms with Crippen LogP contribution in [0.4, 0.5) is 0 Å². The van der Waals surface area contributed by atoms with E-state index in [9.17, 15) is 0 Å². The molecular formula is C25H33P. The van der Waals surface area contributed by atoms with Crippen LogP contribution in [0.15, 0.2) is 60.7 Å². The van der Waals surface area contributed by atoms with E-state index in [-0.39, 0.29) is 7.92 Å². The number of hydrogen-bond acceptors (Lipinski definition) is 0. The van der Waals surface area contributed by atoms with Gasteiger partial charge in [0.2, 0.25) is 0 Å². The van der Waals surface area contributed by atoms with Gasteiger partial charge in [0.05, 0.1) is 0 Å². The largest absolute Gasteiger partial charge is 0.0880 e. The predicted molar refractivity (Wildman–Crippen MR) is 115 cm³/mol. The summed E-state index contributed by atoms with van der Waals surface area (Å²) >= 11 is 0. The third-order valence-electron chi connectivity index (χ3n) is 6.52. The minimum atomic E-state index is -0.0130. The Labute approximate surface area is 161 Å². The van der Waals surface area contributed by atoms with Crippen molar-refractivity contribution >= 4 is 7.92 Å². The monoisotopic (exact) mass is 364 g/mol. The van der Waals surface area contributed by atoms with E-state index < -0.39 is 0 Å². The van der Waals surface area contributed by atoms with Crippen LogP contribution in [-0.4, -0.2) is 11.3 Å². The maximum atomic E-state index is 2.40. The van der Waals surface area contributed by atoms with Crippen LogP contribution in [0, 0.1) is 0 Å². The summed E-state index contributed by atoms with van der Waals surface area (Å²) in [7, 11) is -0.0130. The Balaban J connectivity index is 1.74. The molecule has 0 unspecified atom stereocenters. The Bertz CT molecular complexity index is 581. The molecule has 0 radical (unpaired) electrons. The molecule has 0 amide bonds. The highest BCUT2D eigenvalue weighted by atomic mass is 31.1. The maximum Gasteiger partial charge on any atom is 0.0296 e. The van der Waals surface area contributed by atoms with E-state index in [1.165, 1.54) is 64.2 Å². The van der Waals surface area contributed by atoms with E-state index >= 15 is 0 Å². The fourth-order valence-electron chi connectivity index (χ4n) is 5.29. The van der Waals surface area contributed by atoms with Crippen molar-refractivity contribution in [2.45, 2.75) is 81.2 Å². The van der Waals surface area contributed by atoms with Gasteiger partial charge < -0.3 is 0 Å². The molecule has 0 nitrogen and oxygen atoms in total. The summed E-state index contributed by atoms with van der Waals surface area (Å²) in [6, 6.07) is 23.0. The summed E-state index contributed by atoms with van der Waals surface area (Å²) in [5.74, 6) is 0. The number of benzene rings is 2. The van der Waals surface area contributed by atoms with Crippen molar-refractivity contribution in [3.63, 3.8) is 0 Å². The Kier molecular flexibility index (Phi) is 6.44. The van der Waals surface area contributed by atoms with Gasteiger partial charge in [-0.15, -0.1) is 0 Å². The zero-order valence-electron chi connectivity index (χ0n) is 16.0. The van der Waals surface area contributed by atoms with Gasteiger partial charge in [0.1, 0.15) is 0 Å². The summed E-state index contributed by atoms with van der Waals surface area (Å²) in [6.45, 7) is 0. The summed E-state index contributed by atoms with van der Waals surface area (Å²) in [5, 5.41) is 0. The second-order valence-corrected chi connectivity index (χ2v) is 11.1. The quantitative estimate of drug-likeness (QED) is 0.473. The van der Waals surface area contributed by atoms with Gasteiger partial charge in [0.25, 0.3) is 0 Å². The lowest BCUT2D eigenvalue weighted by atomic mass is 9.99. The third-order valence-corrected chi connectivity index (χ3v) is 10.4. The van der Waals surface area contributed by atoms with Crippen LogP contribution < -0.4 is 0 Å². The topological polar surface area (TPSA) is 0 Å². The predicted octanol–water partition coefficient (Wildman–Crippen LogP) is 7.92. The van der Waals surface area contributed by atoms with Crippen LogP contribution in [-0.2, 0) is 0 Å². The lowest BCUT2D eigenvalue weighted by Gasteiger charge is -2.43. The van der Waals surface area contributed by atoms with Crippen molar-refractivity contribution in [1.29, 1.82) is 0 Å². The van der Waals surface area contributed by atoms with E-state index in [1.54, 1.807) is 11.1 Å². The second kappa shape index (κ2) is 9.18. The number of hydrogen-bond donors (Lipinski definition) is 0. The van der Waals surface area contributed by atoms with Crippen molar-refractivity contribution in [3.8, 4) is 0 Å². The van der Waals surface area contributed by atoms with Crippen LogP contribution in [0.3, 0.4) is 0 Å². The zero-order chi connectivity index (χ0) is 17.6. The Morgan fingerprint density at radius 2 is 0.923 bits per heavy atom. The molecule has 0 aromatic heterocycles. The van der Waals surface area contributed by atoms with Crippen LogP contribution in [0.1, 0.15) is 81.0 Å². The van der Waals surface area contributed by atoms with E-state index in [0.717, 1.165) is 11.3 Å². The first kappa shape index (κ1) is 18.2. The fourth-order valence-corrected chi connectivity index (χ4v) is 9.68. The molecule has 0 aliphatic heterocycles. The van der Waals surface area contributed by atoms with Crippen LogP contribution in [0.5, 0.6) is 0 Å². The molecule has 2 aromatic rings. The molecule has 2 fully saturated rings. The number of rotatable bonds is 5. The van der Waals surface area contributed by atoms with E-state index in [0.29, 0.717) is 5.66 Å². The molecule has 0 saturated heterocycles. The lowest BCUT2D eigenvalue weighted by molar-refractivity contribution is 0.482. The summed E-state index contributed by atoms with van der Waals surface area (Å²) in [4.78, 5) is 0. The molecule has 2 aromatic carbocycles. The second-order valence-electron chi connectivity index (χ2n) is 8.25. The van der Waals surface area contributed by atoms with E-state index in [4.69, 9.17) is 0 Å². The van der Waals surface area contributed by atoms with Crippen LogP contribution in [0.25, 0.3) is 0 Å². The van der Waals surface area contributed by atoms with E-state index in [2.05, 4.69) is 60.7 Å². The minimum absolute atomic E-state index is 0.0130. The van der Waals surface area contributed by atoms with Gasteiger partial charge in [-0.2, -0.15) is 0 Å². The molecular weight excluding hydrogens is 331 g/mol. The van der Waals surface area contributed by atoms with Gasteiger partial charge in [0, 0.05) is 5.66 Å². The minimum Gasteiger partial charge on any atom is -0.0880 e. The molecule has 138 valence electrons. The normalized spacial score (nSPS) is 19.9. The molecule has 26 heavy (non-hydrogen) atoms. The van der Waals surface area contributed by atoms with Crippen molar-refractivity contribution in [1.82, 2.24) is 0 Å².